The lowest BCUT2D eigenvalue weighted by molar-refractivity contribution is -0.138. The van der Waals surface area contributed by atoms with Crippen LogP contribution < -0.4 is 10.9 Å². The predicted octanol–water partition coefficient (Wildman–Crippen LogP) is 2.95. The number of fused-ring (bicyclic) bond motifs is 1. The van der Waals surface area contributed by atoms with Crippen molar-refractivity contribution in [1.29, 1.82) is 0 Å². The van der Waals surface area contributed by atoms with Crippen LogP contribution in [0.1, 0.15) is 21.5 Å². The number of carboxylic acid groups (broad SMARTS) is 1. The maximum Gasteiger partial charge on any atom is 0.327 e. The number of carbonyl (C=O) groups excluding carboxylic acids is 1. The van der Waals surface area contributed by atoms with Crippen LogP contribution in [0.4, 0.5) is 0 Å². The molecule has 0 radical (unpaired) electrons. The molecule has 3 aromatic rings. The van der Waals surface area contributed by atoms with Gasteiger partial charge in [-0.15, -0.1) is 0 Å². The number of benzene rings is 2. The van der Waals surface area contributed by atoms with Crippen molar-refractivity contribution in [3.8, 4) is 0 Å². The van der Waals surface area contributed by atoms with Gasteiger partial charge >= 0.3 is 5.97 Å². The van der Waals surface area contributed by atoms with E-state index in [0.29, 0.717) is 11.3 Å². The quantitative estimate of drug-likeness (QED) is 0.570. The number of aryl methyl sites for hydroxylation is 1. The van der Waals surface area contributed by atoms with E-state index in [1.165, 1.54) is 17.8 Å². The Kier molecular flexibility index (Phi) is 6.16. The average Bonchev–Trinajstić information content (AvgIpc) is 2.67. The molecule has 0 aliphatic carbocycles. The van der Waals surface area contributed by atoms with E-state index >= 15 is 0 Å². The number of H-pyrrole nitrogens is 1. The third-order valence-corrected chi connectivity index (χ3v) is 5.38. The van der Waals surface area contributed by atoms with Gasteiger partial charge in [-0.25, -0.2) is 4.79 Å². The molecular formula is C21H20N2O4S. The summed E-state index contributed by atoms with van der Waals surface area (Å²) in [4.78, 5) is 38.4. The number of hydrogen-bond acceptors (Lipinski definition) is 4. The molecular weight excluding hydrogens is 376 g/mol. The Bertz CT molecular complexity index is 1060. The van der Waals surface area contributed by atoms with Crippen molar-refractivity contribution in [2.75, 3.05) is 5.75 Å². The third kappa shape index (κ3) is 4.80. The van der Waals surface area contributed by atoms with Crippen LogP contribution in [0.3, 0.4) is 0 Å². The zero-order valence-electron chi connectivity index (χ0n) is 15.3. The van der Waals surface area contributed by atoms with Gasteiger partial charge in [-0.1, -0.05) is 35.9 Å². The highest BCUT2D eigenvalue weighted by Gasteiger charge is 2.21. The van der Waals surface area contributed by atoms with E-state index < -0.39 is 17.9 Å². The molecule has 0 spiro atoms. The van der Waals surface area contributed by atoms with E-state index in [0.717, 1.165) is 22.0 Å². The summed E-state index contributed by atoms with van der Waals surface area (Å²) in [6.07, 6.45) is 0. The van der Waals surface area contributed by atoms with Gasteiger partial charge in [0.05, 0.1) is 0 Å². The molecule has 0 saturated carbocycles. The van der Waals surface area contributed by atoms with Gasteiger partial charge in [0.25, 0.3) is 5.91 Å². The fourth-order valence-electron chi connectivity index (χ4n) is 2.80. The SMILES string of the molecule is Cc1ccc(C(=O)N[C@H](CSCc2cc(=O)[nH]c3ccccc23)C(=O)O)cc1. The molecule has 1 heterocycles. The summed E-state index contributed by atoms with van der Waals surface area (Å²) in [7, 11) is 0. The second kappa shape index (κ2) is 8.75. The molecule has 0 aliphatic heterocycles. The number of rotatable bonds is 7. The number of para-hydroxylation sites is 1. The Morgan fingerprint density at radius 3 is 2.57 bits per heavy atom. The Labute approximate surface area is 166 Å². The minimum Gasteiger partial charge on any atom is -0.480 e. The maximum absolute atomic E-state index is 12.3. The first kappa shape index (κ1) is 19.7. The van der Waals surface area contributed by atoms with Crippen LogP contribution in [-0.2, 0) is 10.5 Å². The molecule has 7 heteroatoms. The Morgan fingerprint density at radius 1 is 1.14 bits per heavy atom. The zero-order chi connectivity index (χ0) is 20.1. The smallest absolute Gasteiger partial charge is 0.327 e. The summed E-state index contributed by atoms with van der Waals surface area (Å²) in [5.41, 5.74) is 2.82. The number of nitrogens with one attached hydrogen (secondary N) is 2. The molecule has 0 unspecified atom stereocenters. The lowest BCUT2D eigenvalue weighted by atomic mass is 10.1. The molecule has 28 heavy (non-hydrogen) atoms. The molecule has 1 amide bonds. The molecule has 0 bridgehead atoms. The standard InChI is InChI=1S/C21H20N2O4S/c1-13-6-8-14(9-7-13)20(25)23-18(21(26)27)12-28-11-15-10-19(24)22-17-5-3-2-4-16(15)17/h2-10,18H,11-12H2,1H3,(H,22,24)(H,23,25)(H,26,27)/t18-/m1/s1. The van der Waals surface area contributed by atoms with Gasteiger partial charge in [0.1, 0.15) is 6.04 Å². The number of aliphatic carboxylic acids is 1. The zero-order valence-corrected chi connectivity index (χ0v) is 16.1. The number of aromatic amines is 1. The van der Waals surface area contributed by atoms with Crippen LogP contribution in [0.5, 0.6) is 0 Å². The number of thioether (sulfide) groups is 1. The number of carbonyl (C=O) groups is 2. The minimum atomic E-state index is -1.09. The highest BCUT2D eigenvalue weighted by Crippen LogP contribution is 2.20. The Balaban J connectivity index is 1.66. The summed E-state index contributed by atoms with van der Waals surface area (Å²) < 4.78 is 0. The van der Waals surface area contributed by atoms with Gasteiger partial charge in [0, 0.05) is 34.0 Å². The maximum atomic E-state index is 12.3. The molecule has 1 atom stereocenters. The van der Waals surface area contributed by atoms with Gasteiger partial charge in [0.15, 0.2) is 0 Å². The molecule has 2 aromatic carbocycles. The fraction of sp³-hybridized carbons (Fsp3) is 0.190. The molecule has 0 aliphatic rings. The molecule has 0 fully saturated rings. The van der Waals surface area contributed by atoms with Gasteiger partial charge in [0.2, 0.25) is 5.56 Å². The van der Waals surface area contributed by atoms with Gasteiger partial charge in [-0.3, -0.25) is 9.59 Å². The van der Waals surface area contributed by atoms with Crippen molar-refractivity contribution < 1.29 is 14.7 Å². The van der Waals surface area contributed by atoms with E-state index in [9.17, 15) is 19.5 Å². The van der Waals surface area contributed by atoms with Crippen LogP contribution >= 0.6 is 11.8 Å². The van der Waals surface area contributed by atoms with E-state index in [4.69, 9.17) is 0 Å². The molecule has 6 nitrogen and oxygen atoms in total. The second-order valence-electron chi connectivity index (χ2n) is 6.45. The van der Waals surface area contributed by atoms with Gasteiger partial charge in [-0.05, 0) is 30.7 Å². The van der Waals surface area contributed by atoms with E-state index in [-0.39, 0.29) is 11.3 Å². The lowest BCUT2D eigenvalue weighted by Crippen LogP contribution is -2.42. The fourth-order valence-corrected chi connectivity index (χ4v) is 3.84. The molecule has 3 N–H and O–H groups in total. The highest BCUT2D eigenvalue weighted by molar-refractivity contribution is 7.98. The summed E-state index contributed by atoms with van der Waals surface area (Å²) >= 11 is 1.36. The van der Waals surface area contributed by atoms with Crippen LogP contribution in [0.25, 0.3) is 10.9 Å². The first-order chi connectivity index (χ1) is 13.4. The Hall–Kier alpha value is -3.06. The number of hydrogen-bond donors (Lipinski definition) is 3. The van der Waals surface area contributed by atoms with E-state index in [1.54, 1.807) is 24.3 Å². The summed E-state index contributed by atoms with van der Waals surface area (Å²) in [5.74, 6) is -0.860. The first-order valence-electron chi connectivity index (χ1n) is 8.73. The largest absolute Gasteiger partial charge is 0.480 e. The number of pyridine rings is 1. The number of carboxylic acids is 1. The summed E-state index contributed by atoms with van der Waals surface area (Å²) in [6, 6.07) is 14.9. The second-order valence-corrected chi connectivity index (χ2v) is 7.48. The van der Waals surface area contributed by atoms with Crippen LogP contribution in [0.15, 0.2) is 59.4 Å². The van der Waals surface area contributed by atoms with Crippen molar-refractivity contribution in [2.24, 2.45) is 0 Å². The predicted molar refractivity (Wildman–Crippen MR) is 111 cm³/mol. The average molecular weight is 396 g/mol. The van der Waals surface area contributed by atoms with E-state index in [2.05, 4.69) is 10.3 Å². The van der Waals surface area contributed by atoms with Crippen molar-refractivity contribution in [2.45, 2.75) is 18.7 Å². The number of amides is 1. The first-order valence-corrected chi connectivity index (χ1v) is 9.88. The normalized spacial score (nSPS) is 11.9. The van der Waals surface area contributed by atoms with Crippen molar-refractivity contribution in [1.82, 2.24) is 10.3 Å². The van der Waals surface area contributed by atoms with Crippen LogP contribution in [-0.4, -0.2) is 33.8 Å². The minimum absolute atomic E-state index is 0.189. The van der Waals surface area contributed by atoms with Crippen molar-refractivity contribution in [3.63, 3.8) is 0 Å². The Morgan fingerprint density at radius 2 is 1.86 bits per heavy atom. The molecule has 3 rings (SSSR count). The van der Waals surface area contributed by atoms with Crippen LogP contribution in [0.2, 0.25) is 0 Å². The van der Waals surface area contributed by atoms with Crippen LogP contribution in [0, 0.1) is 6.92 Å². The number of aromatic nitrogens is 1. The lowest BCUT2D eigenvalue weighted by Gasteiger charge is -2.15. The molecule has 1 aromatic heterocycles. The summed E-state index contributed by atoms with van der Waals surface area (Å²) in [6.45, 7) is 1.91. The van der Waals surface area contributed by atoms with Crippen molar-refractivity contribution in [3.05, 3.63) is 81.6 Å². The van der Waals surface area contributed by atoms with Gasteiger partial charge < -0.3 is 15.4 Å². The monoisotopic (exact) mass is 396 g/mol. The van der Waals surface area contributed by atoms with Gasteiger partial charge in [-0.2, -0.15) is 11.8 Å². The van der Waals surface area contributed by atoms with Crippen molar-refractivity contribution >= 4 is 34.5 Å². The highest BCUT2D eigenvalue weighted by atomic mass is 32.2. The third-order valence-electron chi connectivity index (χ3n) is 4.30. The topological polar surface area (TPSA) is 99.3 Å². The molecule has 0 saturated heterocycles. The van der Waals surface area contributed by atoms with E-state index in [1.807, 2.05) is 31.2 Å². The summed E-state index contributed by atoms with van der Waals surface area (Å²) in [5, 5.41) is 12.9. The molecule has 144 valence electrons.